The molecule has 1 aliphatic heterocycles. The van der Waals surface area contributed by atoms with Crippen molar-refractivity contribution in [2.45, 2.75) is 13.3 Å². The highest BCUT2D eigenvalue weighted by Crippen LogP contribution is 2.35. The summed E-state index contributed by atoms with van der Waals surface area (Å²) < 4.78 is 9.77. The summed E-state index contributed by atoms with van der Waals surface area (Å²) in [4.78, 5) is 36.6. The predicted octanol–water partition coefficient (Wildman–Crippen LogP) is 3.83. The van der Waals surface area contributed by atoms with Crippen molar-refractivity contribution in [3.05, 3.63) is 65.0 Å². The third-order valence-corrected chi connectivity index (χ3v) is 6.55. The van der Waals surface area contributed by atoms with Crippen molar-refractivity contribution >= 4 is 52.4 Å². The van der Waals surface area contributed by atoms with E-state index in [-0.39, 0.29) is 12.6 Å². The molecule has 3 rings (SSSR count). The van der Waals surface area contributed by atoms with Crippen LogP contribution in [0.2, 0.25) is 5.02 Å². The average molecular weight is 540 g/mol. The van der Waals surface area contributed by atoms with E-state index in [4.69, 9.17) is 21.3 Å². The van der Waals surface area contributed by atoms with Crippen molar-refractivity contribution < 1.29 is 19.1 Å². The SMILES string of the molecule is C=N/C(=C1/CCN(c2cccc3cccc(Cl)c23)C/C1=N/COC)N(CC)CCNC(=O)/C=C/C(=O)OC. The number of methoxy groups -OCH3 is 2. The number of nitrogens with zero attached hydrogens (tertiary/aromatic N) is 4. The number of likely N-dealkylation sites (N-methyl/N-ethyl adjacent to an activating group) is 1. The van der Waals surface area contributed by atoms with Crippen molar-refractivity contribution in [1.82, 2.24) is 10.2 Å². The summed E-state index contributed by atoms with van der Waals surface area (Å²) in [6.45, 7) is 8.91. The van der Waals surface area contributed by atoms with Gasteiger partial charge in [-0.1, -0.05) is 35.9 Å². The molecule has 0 aromatic heterocycles. The topological polar surface area (TPSA) is 95.8 Å². The van der Waals surface area contributed by atoms with Gasteiger partial charge in [-0.25, -0.2) is 9.79 Å². The first-order chi connectivity index (χ1) is 18.4. The number of hydrogen-bond donors (Lipinski definition) is 1. The summed E-state index contributed by atoms with van der Waals surface area (Å²) in [6.07, 6.45) is 2.93. The standard InChI is InChI=1S/C28H34ClN5O4/c1-5-33(17-15-31-25(35)12-13-26(36)38-4)28(30-2)21-14-16-34(18-23(21)32-19-37-3)24-11-7-9-20-8-6-10-22(29)27(20)24/h6-13H,2,5,14-19H2,1,3-4H3,(H,31,35)/b13-12+,28-21+,32-23-. The molecule has 202 valence electrons. The number of aliphatic imine (C=N–C) groups is 2. The van der Waals surface area contributed by atoms with Crippen molar-refractivity contribution in [2.24, 2.45) is 9.98 Å². The van der Waals surface area contributed by atoms with Gasteiger partial charge in [-0.2, -0.15) is 0 Å². The van der Waals surface area contributed by atoms with E-state index in [1.165, 1.54) is 7.11 Å². The molecular weight excluding hydrogens is 506 g/mol. The highest BCUT2D eigenvalue weighted by molar-refractivity contribution is 6.36. The Balaban J connectivity index is 1.83. The lowest BCUT2D eigenvalue weighted by molar-refractivity contribution is -0.135. The maximum atomic E-state index is 12.0. The molecule has 1 aliphatic rings. The second kappa shape index (κ2) is 14.3. The number of nitrogens with one attached hydrogen (secondary N) is 1. The van der Waals surface area contributed by atoms with Crippen molar-refractivity contribution in [2.75, 3.05) is 58.6 Å². The molecule has 1 saturated heterocycles. The molecule has 0 saturated carbocycles. The van der Waals surface area contributed by atoms with Gasteiger partial charge in [0.05, 0.1) is 24.4 Å². The number of hydrogen-bond acceptors (Lipinski definition) is 8. The van der Waals surface area contributed by atoms with E-state index in [0.717, 1.165) is 52.3 Å². The van der Waals surface area contributed by atoms with Gasteiger partial charge in [0.1, 0.15) is 12.6 Å². The van der Waals surface area contributed by atoms with Crippen LogP contribution in [0.3, 0.4) is 0 Å². The van der Waals surface area contributed by atoms with Crippen LogP contribution in [0.25, 0.3) is 10.8 Å². The fourth-order valence-corrected chi connectivity index (χ4v) is 4.68. The summed E-state index contributed by atoms with van der Waals surface area (Å²) in [6, 6.07) is 12.1. The highest BCUT2D eigenvalue weighted by Gasteiger charge is 2.26. The summed E-state index contributed by atoms with van der Waals surface area (Å²) in [5.41, 5.74) is 2.92. The molecule has 10 heteroatoms. The summed E-state index contributed by atoms with van der Waals surface area (Å²) in [7, 11) is 2.87. The molecule has 2 aromatic carbocycles. The predicted molar refractivity (Wildman–Crippen MR) is 153 cm³/mol. The lowest BCUT2D eigenvalue weighted by atomic mass is 9.98. The number of benzene rings is 2. The monoisotopic (exact) mass is 539 g/mol. The first-order valence-corrected chi connectivity index (χ1v) is 12.7. The number of rotatable bonds is 11. The Kier molecular flexibility index (Phi) is 10.9. The van der Waals surface area contributed by atoms with Crippen LogP contribution in [0.4, 0.5) is 5.69 Å². The van der Waals surface area contributed by atoms with Gasteiger partial charge in [0.15, 0.2) is 0 Å². The number of piperidine rings is 1. The molecule has 1 fully saturated rings. The maximum Gasteiger partial charge on any atom is 0.330 e. The van der Waals surface area contributed by atoms with Crippen LogP contribution in [0.1, 0.15) is 13.3 Å². The van der Waals surface area contributed by atoms with E-state index in [2.05, 4.69) is 49.8 Å². The summed E-state index contributed by atoms with van der Waals surface area (Å²) in [5.74, 6) is -0.230. The number of carbonyl (C=O) groups is 2. The second-order valence-corrected chi connectivity index (χ2v) is 8.90. The van der Waals surface area contributed by atoms with Gasteiger partial charge in [0.25, 0.3) is 0 Å². The number of halogens is 1. The molecule has 9 nitrogen and oxygen atoms in total. The van der Waals surface area contributed by atoms with Gasteiger partial charge in [-0.3, -0.25) is 9.79 Å². The van der Waals surface area contributed by atoms with Crippen LogP contribution in [-0.4, -0.2) is 82.9 Å². The van der Waals surface area contributed by atoms with Crippen molar-refractivity contribution in [3.8, 4) is 0 Å². The minimum absolute atomic E-state index is 0.224. The molecule has 0 spiro atoms. The third kappa shape index (κ3) is 7.20. The van der Waals surface area contributed by atoms with E-state index < -0.39 is 5.97 Å². The van der Waals surface area contributed by atoms with Gasteiger partial charge < -0.3 is 24.6 Å². The number of carbonyl (C=O) groups excluding carboxylic acids is 2. The van der Waals surface area contributed by atoms with Crippen LogP contribution in [0.15, 0.2) is 69.9 Å². The fraction of sp³-hybridized carbons (Fsp3) is 0.357. The second-order valence-electron chi connectivity index (χ2n) is 8.50. The Bertz CT molecular complexity index is 1250. The van der Waals surface area contributed by atoms with Gasteiger partial charge in [-0.05, 0) is 37.6 Å². The molecule has 38 heavy (non-hydrogen) atoms. The minimum Gasteiger partial charge on any atom is -0.466 e. The summed E-state index contributed by atoms with van der Waals surface area (Å²) >= 11 is 6.60. The van der Waals surface area contributed by atoms with Crippen LogP contribution in [0, 0.1) is 0 Å². The molecule has 0 bridgehead atoms. The fourth-order valence-electron chi connectivity index (χ4n) is 4.41. The lowest BCUT2D eigenvalue weighted by Crippen LogP contribution is -2.40. The Morgan fingerprint density at radius 3 is 2.66 bits per heavy atom. The molecular formula is C28H34ClN5O4. The van der Waals surface area contributed by atoms with Crippen LogP contribution >= 0.6 is 11.6 Å². The molecule has 1 N–H and O–H groups in total. The minimum atomic E-state index is -0.585. The Hall–Kier alpha value is -3.69. The zero-order valence-corrected chi connectivity index (χ0v) is 22.8. The van der Waals surface area contributed by atoms with Gasteiger partial charge >= 0.3 is 5.97 Å². The Labute approximate surface area is 228 Å². The maximum absolute atomic E-state index is 12.0. The molecule has 1 heterocycles. The lowest BCUT2D eigenvalue weighted by Gasteiger charge is -2.35. The Morgan fingerprint density at radius 1 is 1.21 bits per heavy atom. The van der Waals surface area contributed by atoms with Crippen LogP contribution in [0.5, 0.6) is 0 Å². The van der Waals surface area contributed by atoms with Gasteiger partial charge in [-0.15, -0.1) is 0 Å². The zero-order valence-electron chi connectivity index (χ0n) is 22.1. The quantitative estimate of drug-likeness (QED) is 0.265. The first-order valence-electron chi connectivity index (χ1n) is 12.4. The molecule has 0 aliphatic carbocycles. The van der Waals surface area contributed by atoms with Crippen molar-refractivity contribution in [3.63, 3.8) is 0 Å². The largest absolute Gasteiger partial charge is 0.466 e. The zero-order chi connectivity index (χ0) is 27.5. The van der Waals surface area contributed by atoms with E-state index in [9.17, 15) is 9.59 Å². The molecule has 2 aromatic rings. The highest BCUT2D eigenvalue weighted by atomic mass is 35.5. The van der Waals surface area contributed by atoms with Gasteiger partial charge in [0.2, 0.25) is 5.91 Å². The Morgan fingerprint density at radius 2 is 1.97 bits per heavy atom. The third-order valence-electron chi connectivity index (χ3n) is 6.23. The van der Waals surface area contributed by atoms with E-state index in [0.29, 0.717) is 37.6 Å². The normalized spacial score (nSPS) is 16.1. The molecule has 0 unspecified atom stereocenters. The van der Waals surface area contributed by atoms with Crippen molar-refractivity contribution in [1.29, 1.82) is 0 Å². The number of amides is 1. The van der Waals surface area contributed by atoms with Crippen LogP contribution in [-0.2, 0) is 19.1 Å². The average Bonchev–Trinajstić information content (AvgIpc) is 2.94. The van der Waals surface area contributed by atoms with E-state index >= 15 is 0 Å². The number of anilines is 1. The molecule has 1 amide bonds. The van der Waals surface area contributed by atoms with Crippen LogP contribution < -0.4 is 10.2 Å². The summed E-state index contributed by atoms with van der Waals surface area (Å²) in [5, 5.41) is 5.59. The molecule has 0 radical (unpaired) electrons. The number of ether oxygens (including phenoxy) is 2. The van der Waals surface area contributed by atoms with Gasteiger partial charge in [0, 0.05) is 62.1 Å². The van der Waals surface area contributed by atoms with E-state index in [1.807, 2.05) is 25.1 Å². The number of fused-ring (bicyclic) bond motifs is 1. The smallest absolute Gasteiger partial charge is 0.330 e. The van der Waals surface area contributed by atoms with E-state index in [1.54, 1.807) is 7.11 Å². The first kappa shape index (κ1) is 28.9. The molecule has 0 atom stereocenters. The number of esters is 1.